The summed E-state index contributed by atoms with van der Waals surface area (Å²) in [6, 6.07) is 23.5. The Bertz CT molecular complexity index is 748. The van der Waals surface area contributed by atoms with Crippen LogP contribution in [0.5, 0.6) is 0 Å². The Morgan fingerprint density at radius 2 is 1.70 bits per heavy atom. The molecule has 0 saturated heterocycles. The maximum absolute atomic E-state index is 11.9. The number of fused-ring (bicyclic) bond motifs is 1. The van der Waals surface area contributed by atoms with E-state index in [0.717, 1.165) is 16.5 Å². The maximum atomic E-state index is 11.9. The van der Waals surface area contributed by atoms with Gasteiger partial charge in [0.1, 0.15) is 0 Å². The molecule has 0 heterocycles. The molecule has 0 spiro atoms. The van der Waals surface area contributed by atoms with Crippen LogP contribution in [0.1, 0.15) is 0 Å². The molecule has 3 heteroatoms. The molecule has 0 bridgehead atoms. The number of rotatable bonds is 2. The zero-order valence-corrected chi connectivity index (χ0v) is 10.8. The lowest BCUT2D eigenvalue weighted by Crippen LogP contribution is -2.31. The fourth-order valence-corrected chi connectivity index (χ4v) is 2.29. The number of hydrogen-bond donors (Lipinski definition) is 1. The maximum Gasteiger partial charge on any atom is 0.323 e. The second-order valence-electron chi connectivity index (χ2n) is 4.42. The highest BCUT2D eigenvalue weighted by Crippen LogP contribution is 2.31. The Morgan fingerprint density at radius 3 is 2.45 bits per heavy atom. The van der Waals surface area contributed by atoms with Crippen LogP contribution in [0.3, 0.4) is 0 Å². The van der Waals surface area contributed by atoms with E-state index in [4.69, 9.17) is 5.73 Å². The van der Waals surface area contributed by atoms with E-state index in [1.54, 1.807) is 6.07 Å². The number of nitrogens with two attached hydrogens (primary N) is 1. The van der Waals surface area contributed by atoms with Gasteiger partial charge in [-0.15, -0.1) is 0 Å². The van der Waals surface area contributed by atoms with Crippen molar-refractivity contribution in [1.82, 2.24) is 0 Å². The molecule has 3 aromatic rings. The molecule has 2 N–H and O–H groups in total. The van der Waals surface area contributed by atoms with E-state index >= 15 is 0 Å². The van der Waals surface area contributed by atoms with Gasteiger partial charge in [-0.25, -0.2) is 4.79 Å². The number of hydrogen-bond acceptors (Lipinski definition) is 1. The van der Waals surface area contributed by atoms with Gasteiger partial charge in [0.25, 0.3) is 0 Å². The monoisotopic (exact) mass is 261 g/mol. The quantitative estimate of drug-likeness (QED) is 0.748. The first kappa shape index (κ1) is 12.2. The molecule has 0 fully saturated rings. The number of anilines is 2. The van der Waals surface area contributed by atoms with Crippen LogP contribution in [0.4, 0.5) is 16.2 Å². The smallest absolute Gasteiger partial charge is 0.323 e. The first-order valence-electron chi connectivity index (χ1n) is 6.31. The number of benzene rings is 3. The van der Waals surface area contributed by atoms with Gasteiger partial charge in [-0.1, -0.05) is 54.6 Å². The molecule has 20 heavy (non-hydrogen) atoms. The van der Waals surface area contributed by atoms with Crippen molar-refractivity contribution in [2.45, 2.75) is 0 Å². The van der Waals surface area contributed by atoms with E-state index < -0.39 is 6.03 Å². The Kier molecular flexibility index (Phi) is 3.09. The molecule has 0 aliphatic rings. The zero-order chi connectivity index (χ0) is 13.9. The molecule has 1 radical (unpaired) electrons. The van der Waals surface area contributed by atoms with Gasteiger partial charge in [-0.2, -0.15) is 0 Å². The molecule has 0 aliphatic heterocycles. The summed E-state index contributed by atoms with van der Waals surface area (Å²) >= 11 is 0. The summed E-state index contributed by atoms with van der Waals surface area (Å²) in [5.74, 6) is 0. The fourth-order valence-electron chi connectivity index (χ4n) is 2.29. The number of primary amides is 1. The molecule has 3 rings (SSSR count). The van der Waals surface area contributed by atoms with E-state index in [1.165, 1.54) is 4.90 Å². The average molecular weight is 261 g/mol. The Balaban J connectivity index is 2.23. The van der Waals surface area contributed by atoms with Gasteiger partial charge in [-0.3, -0.25) is 4.90 Å². The minimum Gasteiger partial charge on any atom is -0.351 e. The van der Waals surface area contributed by atoms with Crippen LogP contribution in [-0.4, -0.2) is 6.03 Å². The lowest BCUT2D eigenvalue weighted by Gasteiger charge is -2.22. The second-order valence-corrected chi connectivity index (χ2v) is 4.42. The van der Waals surface area contributed by atoms with Gasteiger partial charge in [0.2, 0.25) is 0 Å². The number of carbonyl (C=O) groups excluding carboxylic acids is 1. The number of amides is 2. The topological polar surface area (TPSA) is 46.3 Å². The second kappa shape index (κ2) is 5.05. The third kappa shape index (κ3) is 2.10. The van der Waals surface area contributed by atoms with Crippen LogP contribution in [-0.2, 0) is 0 Å². The molecule has 0 unspecified atom stereocenters. The minimum atomic E-state index is -0.524. The lowest BCUT2D eigenvalue weighted by atomic mass is 10.1. The van der Waals surface area contributed by atoms with E-state index in [9.17, 15) is 4.79 Å². The van der Waals surface area contributed by atoms with Crippen LogP contribution in [0.25, 0.3) is 10.8 Å². The van der Waals surface area contributed by atoms with Crippen molar-refractivity contribution in [2.24, 2.45) is 5.73 Å². The molecule has 0 aromatic heterocycles. The summed E-state index contributed by atoms with van der Waals surface area (Å²) < 4.78 is 0. The molecular weight excluding hydrogens is 248 g/mol. The fraction of sp³-hybridized carbons (Fsp3) is 0. The summed E-state index contributed by atoms with van der Waals surface area (Å²) in [7, 11) is 0. The van der Waals surface area contributed by atoms with Gasteiger partial charge in [-0.05, 0) is 17.5 Å². The lowest BCUT2D eigenvalue weighted by molar-refractivity contribution is 0.256. The molecule has 0 saturated carbocycles. The van der Waals surface area contributed by atoms with Crippen LogP contribution in [0.15, 0.2) is 66.7 Å². The van der Waals surface area contributed by atoms with Crippen molar-refractivity contribution in [1.29, 1.82) is 0 Å². The zero-order valence-electron chi connectivity index (χ0n) is 10.8. The minimum absolute atomic E-state index is 0.524. The van der Waals surface area contributed by atoms with Crippen molar-refractivity contribution >= 4 is 28.2 Å². The van der Waals surface area contributed by atoms with Gasteiger partial charge in [0.05, 0.1) is 11.4 Å². The first-order chi connectivity index (χ1) is 9.77. The predicted octanol–water partition coefficient (Wildman–Crippen LogP) is 3.86. The third-order valence-corrected chi connectivity index (χ3v) is 3.16. The van der Waals surface area contributed by atoms with Gasteiger partial charge in [0, 0.05) is 11.5 Å². The van der Waals surface area contributed by atoms with Crippen LogP contribution in [0.2, 0.25) is 0 Å². The standard InChI is InChI=1S/C17H13N2O/c18-17(20)19(14-9-2-1-3-10-14)16-12-6-8-13-7-4-5-11-15(13)16/h1-9,11-12H,(H2,18,20). The first-order valence-corrected chi connectivity index (χ1v) is 6.31. The van der Waals surface area contributed by atoms with E-state index in [-0.39, 0.29) is 0 Å². The number of nitrogens with zero attached hydrogens (tertiary/aromatic N) is 1. The van der Waals surface area contributed by atoms with E-state index in [1.807, 2.05) is 60.7 Å². The van der Waals surface area contributed by atoms with Crippen molar-refractivity contribution in [3.05, 3.63) is 72.8 Å². The van der Waals surface area contributed by atoms with Crippen molar-refractivity contribution < 1.29 is 4.79 Å². The normalized spacial score (nSPS) is 10.4. The molecule has 0 aliphatic carbocycles. The van der Waals surface area contributed by atoms with E-state index in [2.05, 4.69) is 6.07 Å². The molecular formula is C17H13N2O. The SMILES string of the molecule is NC(=O)N(c1[c]cccc1)c1cccc2ccccc12. The largest absolute Gasteiger partial charge is 0.351 e. The van der Waals surface area contributed by atoms with Crippen LogP contribution >= 0.6 is 0 Å². The van der Waals surface area contributed by atoms with Gasteiger partial charge >= 0.3 is 6.03 Å². The van der Waals surface area contributed by atoms with Crippen molar-refractivity contribution in [3.63, 3.8) is 0 Å². The van der Waals surface area contributed by atoms with Crippen LogP contribution < -0.4 is 10.6 Å². The Hall–Kier alpha value is -2.81. The molecule has 0 atom stereocenters. The highest BCUT2D eigenvalue weighted by atomic mass is 16.2. The van der Waals surface area contributed by atoms with Crippen molar-refractivity contribution in [2.75, 3.05) is 4.90 Å². The predicted molar refractivity (Wildman–Crippen MR) is 80.9 cm³/mol. The number of para-hydroxylation sites is 1. The summed E-state index contributed by atoms with van der Waals surface area (Å²) in [5.41, 5.74) is 6.96. The summed E-state index contributed by atoms with van der Waals surface area (Å²) in [5, 5.41) is 2.04. The third-order valence-electron chi connectivity index (χ3n) is 3.16. The van der Waals surface area contributed by atoms with E-state index in [0.29, 0.717) is 5.69 Å². The number of urea groups is 1. The van der Waals surface area contributed by atoms with Gasteiger partial charge in [0.15, 0.2) is 0 Å². The average Bonchev–Trinajstić information content (AvgIpc) is 2.48. The molecule has 3 nitrogen and oxygen atoms in total. The summed E-state index contributed by atoms with van der Waals surface area (Å²) in [4.78, 5) is 13.3. The highest BCUT2D eigenvalue weighted by Gasteiger charge is 2.16. The summed E-state index contributed by atoms with van der Waals surface area (Å²) in [6.07, 6.45) is 0. The Morgan fingerprint density at radius 1 is 0.950 bits per heavy atom. The molecule has 2 amide bonds. The van der Waals surface area contributed by atoms with Crippen molar-refractivity contribution in [3.8, 4) is 0 Å². The molecule has 3 aromatic carbocycles. The highest BCUT2D eigenvalue weighted by molar-refractivity contribution is 6.07. The van der Waals surface area contributed by atoms with Crippen LogP contribution in [0, 0.1) is 6.07 Å². The van der Waals surface area contributed by atoms with Gasteiger partial charge < -0.3 is 5.73 Å². The molecule has 97 valence electrons. The number of carbonyl (C=O) groups is 1. The summed E-state index contributed by atoms with van der Waals surface area (Å²) in [6.45, 7) is 0. The Labute approximate surface area is 117 Å².